The van der Waals surface area contributed by atoms with Crippen LogP contribution < -0.4 is 10.6 Å². The molecule has 148 valence electrons. The van der Waals surface area contributed by atoms with Crippen LogP contribution in [0.15, 0.2) is 56.7 Å². The minimum absolute atomic E-state index is 0.105. The summed E-state index contributed by atoms with van der Waals surface area (Å²) in [5.74, 6) is -0.102. The summed E-state index contributed by atoms with van der Waals surface area (Å²) in [6, 6.07) is 12.2. The molecule has 0 fully saturated rings. The first-order chi connectivity index (χ1) is 13.3. The summed E-state index contributed by atoms with van der Waals surface area (Å²) in [6.07, 6.45) is 0.258. The van der Waals surface area contributed by atoms with Gasteiger partial charge >= 0.3 is 0 Å². The maximum absolute atomic E-state index is 12.6. The van der Waals surface area contributed by atoms with E-state index in [4.69, 9.17) is 0 Å². The van der Waals surface area contributed by atoms with Crippen molar-refractivity contribution in [2.24, 2.45) is 0 Å². The molecule has 2 amide bonds. The first kappa shape index (κ1) is 20.9. The van der Waals surface area contributed by atoms with Crippen LogP contribution in [0.5, 0.6) is 0 Å². The van der Waals surface area contributed by atoms with Gasteiger partial charge in [0.15, 0.2) is 9.84 Å². The molecule has 6 nitrogen and oxygen atoms in total. The van der Waals surface area contributed by atoms with Gasteiger partial charge in [-0.15, -0.1) is 11.8 Å². The molecule has 9 heteroatoms. The summed E-state index contributed by atoms with van der Waals surface area (Å²) in [6.45, 7) is 0.334. The number of benzene rings is 2. The van der Waals surface area contributed by atoms with Crippen molar-refractivity contribution in [1.29, 1.82) is 0 Å². The van der Waals surface area contributed by atoms with Crippen molar-refractivity contribution in [2.45, 2.75) is 29.2 Å². The largest absolute Gasteiger partial charge is 0.352 e. The molecule has 0 spiro atoms. The number of amides is 2. The number of thioether (sulfide) groups is 1. The number of hydrogen-bond donors (Lipinski definition) is 2. The van der Waals surface area contributed by atoms with Gasteiger partial charge < -0.3 is 10.6 Å². The first-order valence-electron chi connectivity index (χ1n) is 8.64. The smallest absolute Gasteiger partial charge is 0.225 e. The maximum atomic E-state index is 12.6. The topological polar surface area (TPSA) is 92.3 Å². The molecule has 0 unspecified atom stereocenters. The second-order valence-corrected chi connectivity index (χ2v) is 10.4. The van der Waals surface area contributed by atoms with E-state index in [0.717, 1.165) is 14.9 Å². The average Bonchev–Trinajstić information content (AvgIpc) is 2.84. The number of carbonyl (C=O) groups excluding carboxylic acids is 2. The van der Waals surface area contributed by atoms with Crippen molar-refractivity contribution >= 4 is 55.0 Å². The predicted molar refractivity (Wildman–Crippen MR) is 113 cm³/mol. The third-order valence-electron chi connectivity index (χ3n) is 4.15. The molecule has 3 rings (SSSR count). The van der Waals surface area contributed by atoms with Crippen LogP contribution in [0.2, 0.25) is 0 Å². The second-order valence-electron chi connectivity index (χ2n) is 6.28. The molecule has 0 aliphatic carbocycles. The molecule has 28 heavy (non-hydrogen) atoms. The van der Waals surface area contributed by atoms with E-state index in [1.165, 1.54) is 23.9 Å². The quantitative estimate of drug-likeness (QED) is 0.658. The van der Waals surface area contributed by atoms with Gasteiger partial charge in [-0.1, -0.05) is 28.1 Å². The van der Waals surface area contributed by atoms with Crippen LogP contribution in [0.1, 0.15) is 18.4 Å². The van der Waals surface area contributed by atoms with E-state index in [9.17, 15) is 18.0 Å². The monoisotopic (exact) mass is 482 g/mol. The van der Waals surface area contributed by atoms with Crippen LogP contribution in [0.4, 0.5) is 5.69 Å². The van der Waals surface area contributed by atoms with Crippen molar-refractivity contribution in [1.82, 2.24) is 5.32 Å². The Labute approximate surface area is 176 Å². The Morgan fingerprint density at radius 1 is 1.21 bits per heavy atom. The Morgan fingerprint density at radius 2 is 2.04 bits per heavy atom. The number of sulfone groups is 1. The lowest BCUT2D eigenvalue weighted by Crippen LogP contribution is -2.25. The molecule has 2 aromatic carbocycles. The Kier molecular flexibility index (Phi) is 6.79. The lowest BCUT2D eigenvalue weighted by molar-refractivity contribution is -0.121. The van der Waals surface area contributed by atoms with E-state index < -0.39 is 9.84 Å². The fourth-order valence-corrected chi connectivity index (χ4v) is 5.32. The Hall–Kier alpha value is -1.84. The van der Waals surface area contributed by atoms with Gasteiger partial charge in [-0.05, 0) is 35.9 Å². The standard InChI is InChI=1S/C19H19BrN2O4S2/c20-14-3-1-2-13(10-14)12-21-18(23)7-9-28(25,26)15-4-5-17-16(11-15)22-19(24)6-8-27-17/h1-5,10-11H,6-9,12H2,(H,21,23)(H,22,24). The number of anilines is 1. The highest BCUT2D eigenvalue weighted by molar-refractivity contribution is 9.10. The minimum atomic E-state index is -3.64. The molecular weight excluding hydrogens is 464 g/mol. The Balaban J connectivity index is 1.60. The Bertz CT molecular complexity index is 1010. The number of halogens is 1. The summed E-state index contributed by atoms with van der Waals surface area (Å²) in [7, 11) is -3.64. The molecule has 0 saturated carbocycles. The normalized spacial score (nSPS) is 14.0. The molecule has 0 radical (unpaired) electrons. The molecule has 0 atom stereocenters. The van der Waals surface area contributed by atoms with E-state index in [2.05, 4.69) is 26.6 Å². The van der Waals surface area contributed by atoms with Gasteiger partial charge in [-0.3, -0.25) is 9.59 Å². The van der Waals surface area contributed by atoms with Crippen molar-refractivity contribution < 1.29 is 18.0 Å². The lowest BCUT2D eigenvalue weighted by Gasteiger charge is -2.10. The Morgan fingerprint density at radius 3 is 2.82 bits per heavy atom. The van der Waals surface area contributed by atoms with Crippen LogP contribution in [-0.2, 0) is 26.0 Å². The molecule has 2 aromatic rings. The zero-order valence-corrected chi connectivity index (χ0v) is 18.1. The zero-order chi connectivity index (χ0) is 20.1. The van der Waals surface area contributed by atoms with Gasteiger partial charge in [-0.25, -0.2) is 8.42 Å². The van der Waals surface area contributed by atoms with Crippen LogP contribution >= 0.6 is 27.7 Å². The number of nitrogens with one attached hydrogen (secondary N) is 2. The van der Waals surface area contributed by atoms with E-state index in [-0.39, 0.29) is 28.9 Å². The van der Waals surface area contributed by atoms with Crippen molar-refractivity contribution in [2.75, 3.05) is 16.8 Å². The maximum Gasteiger partial charge on any atom is 0.225 e. The van der Waals surface area contributed by atoms with Crippen molar-refractivity contribution in [3.05, 3.63) is 52.5 Å². The second kappa shape index (κ2) is 9.11. The number of rotatable bonds is 6. The molecule has 2 N–H and O–H groups in total. The third kappa shape index (κ3) is 5.59. The molecule has 0 bridgehead atoms. The lowest BCUT2D eigenvalue weighted by atomic mass is 10.2. The minimum Gasteiger partial charge on any atom is -0.352 e. The van der Waals surface area contributed by atoms with E-state index >= 15 is 0 Å². The fourth-order valence-electron chi connectivity index (χ4n) is 2.67. The summed E-state index contributed by atoms with van der Waals surface area (Å²) < 4.78 is 26.1. The van der Waals surface area contributed by atoms with Crippen LogP contribution in [0, 0.1) is 0 Å². The van der Waals surface area contributed by atoms with Crippen molar-refractivity contribution in [3.63, 3.8) is 0 Å². The number of carbonyl (C=O) groups is 2. The molecule has 1 aliphatic heterocycles. The average molecular weight is 483 g/mol. The number of hydrogen-bond acceptors (Lipinski definition) is 5. The van der Waals surface area contributed by atoms with Crippen LogP contribution in [-0.4, -0.2) is 31.7 Å². The highest BCUT2D eigenvalue weighted by Gasteiger charge is 2.20. The molecular formula is C19H19BrN2O4S2. The highest BCUT2D eigenvalue weighted by Crippen LogP contribution is 2.32. The van der Waals surface area contributed by atoms with Crippen LogP contribution in [0.3, 0.4) is 0 Å². The number of fused-ring (bicyclic) bond motifs is 1. The van der Waals surface area contributed by atoms with Gasteiger partial charge in [-0.2, -0.15) is 0 Å². The van der Waals surface area contributed by atoms with Gasteiger partial charge in [0.1, 0.15) is 0 Å². The summed E-state index contributed by atoms with van der Waals surface area (Å²) >= 11 is 4.88. The third-order valence-corrected chi connectivity index (χ3v) is 7.43. The summed E-state index contributed by atoms with van der Waals surface area (Å²) in [4.78, 5) is 24.7. The predicted octanol–water partition coefficient (Wildman–Crippen LogP) is 3.36. The van der Waals surface area contributed by atoms with Gasteiger partial charge in [0, 0.05) is 34.5 Å². The fraction of sp³-hybridized carbons (Fsp3) is 0.263. The zero-order valence-electron chi connectivity index (χ0n) is 14.9. The molecule has 0 saturated heterocycles. The van der Waals surface area contributed by atoms with Crippen LogP contribution in [0.25, 0.3) is 0 Å². The van der Waals surface area contributed by atoms with E-state index in [1.807, 2.05) is 24.3 Å². The SMILES string of the molecule is O=C(CCS(=O)(=O)c1ccc2c(c1)NC(=O)CCS2)NCc1cccc(Br)c1. The van der Waals surface area contributed by atoms with Gasteiger partial charge in [0.25, 0.3) is 0 Å². The van der Waals surface area contributed by atoms with Crippen molar-refractivity contribution in [3.8, 4) is 0 Å². The summed E-state index contributed by atoms with van der Waals surface area (Å²) in [5, 5.41) is 5.47. The van der Waals surface area contributed by atoms with E-state index in [0.29, 0.717) is 24.4 Å². The molecule has 1 aliphatic rings. The van der Waals surface area contributed by atoms with Gasteiger partial charge in [0.05, 0.1) is 16.3 Å². The molecule has 0 aromatic heterocycles. The highest BCUT2D eigenvalue weighted by atomic mass is 79.9. The molecule has 1 heterocycles. The first-order valence-corrected chi connectivity index (χ1v) is 12.1. The van der Waals surface area contributed by atoms with E-state index in [1.54, 1.807) is 6.07 Å². The summed E-state index contributed by atoms with van der Waals surface area (Å²) in [5.41, 5.74) is 1.43. The van der Waals surface area contributed by atoms with Gasteiger partial charge in [0.2, 0.25) is 11.8 Å².